The Morgan fingerprint density at radius 3 is 2.60 bits per heavy atom. The van der Waals surface area contributed by atoms with E-state index in [1.165, 1.54) is 0 Å². The second kappa shape index (κ2) is 7.38. The molecule has 1 heterocycles. The van der Waals surface area contributed by atoms with Crippen molar-refractivity contribution in [2.45, 2.75) is 25.7 Å². The summed E-state index contributed by atoms with van der Waals surface area (Å²) in [5.41, 5.74) is 2.20. The molecular weight excluding hydrogens is 320 g/mol. The summed E-state index contributed by atoms with van der Waals surface area (Å²) in [4.78, 5) is 24.0. The van der Waals surface area contributed by atoms with E-state index in [0.29, 0.717) is 5.69 Å². The number of carboxylic acids is 1. The minimum atomic E-state index is -1.05. The molecule has 1 aliphatic rings. The molecule has 1 aromatic heterocycles. The largest absolute Gasteiger partial charge is 0.481 e. The molecule has 7 nitrogen and oxygen atoms in total. The highest BCUT2D eigenvalue weighted by atomic mass is 16.4. The molecule has 1 atom stereocenters. The first-order valence-corrected chi connectivity index (χ1v) is 8.42. The zero-order valence-corrected chi connectivity index (χ0v) is 14.1. The lowest BCUT2D eigenvalue weighted by atomic mass is 9.90. The molecule has 1 unspecified atom stereocenters. The number of hydrogen-bond acceptors (Lipinski definition) is 4. The van der Waals surface area contributed by atoms with Crippen LogP contribution in [0.5, 0.6) is 0 Å². The van der Waals surface area contributed by atoms with E-state index < -0.39 is 17.8 Å². The van der Waals surface area contributed by atoms with Gasteiger partial charge in [-0.05, 0) is 37.0 Å². The normalized spacial score (nSPS) is 15.7. The third-order valence-electron chi connectivity index (χ3n) is 4.54. The lowest BCUT2D eigenvalue weighted by molar-refractivity contribution is -0.147. The number of carbonyl (C=O) groups is 2. The van der Waals surface area contributed by atoms with Gasteiger partial charge < -0.3 is 15.7 Å². The standard InChI is InChI=1S/C18H22N4O3/c1-22-11-15(10-19-22)20-13-7-4-8-14(9-13)21-17(23)16(18(24)25)12-5-2-3-6-12/h4,7-12,16,20H,2-3,5-6H2,1H3,(H,21,23)(H,24,25). The van der Waals surface area contributed by atoms with Gasteiger partial charge in [-0.15, -0.1) is 0 Å². The SMILES string of the molecule is Cn1cc(Nc2cccc(NC(=O)C(C(=O)O)C3CCCC3)c2)cn1. The predicted molar refractivity (Wildman–Crippen MR) is 94.6 cm³/mol. The van der Waals surface area contributed by atoms with Crippen LogP contribution in [0.4, 0.5) is 17.1 Å². The van der Waals surface area contributed by atoms with E-state index in [1.54, 1.807) is 29.1 Å². The quantitative estimate of drug-likeness (QED) is 0.701. The van der Waals surface area contributed by atoms with Gasteiger partial charge in [-0.2, -0.15) is 5.10 Å². The summed E-state index contributed by atoms with van der Waals surface area (Å²) in [6.45, 7) is 0. The fraction of sp³-hybridized carbons (Fsp3) is 0.389. The van der Waals surface area contributed by atoms with Gasteiger partial charge in [0.25, 0.3) is 0 Å². The number of nitrogens with one attached hydrogen (secondary N) is 2. The number of carboxylic acid groups (broad SMARTS) is 1. The van der Waals surface area contributed by atoms with Gasteiger partial charge in [-0.25, -0.2) is 0 Å². The maximum Gasteiger partial charge on any atom is 0.316 e. The number of nitrogens with zero attached hydrogens (tertiary/aromatic N) is 2. The van der Waals surface area contributed by atoms with E-state index in [4.69, 9.17) is 0 Å². The lowest BCUT2D eigenvalue weighted by Gasteiger charge is -2.19. The molecule has 2 aromatic rings. The van der Waals surface area contributed by atoms with Crippen molar-refractivity contribution >= 4 is 28.9 Å². The van der Waals surface area contributed by atoms with Crippen LogP contribution in [-0.4, -0.2) is 26.8 Å². The summed E-state index contributed by atoms with van der Waals surface area (Å²) in [5, 5.41) is 19.5. The number of rotatable bonds is 6. The van der Waals surface area contributed by atoms with Gasteiger partial charge >= 0.3 is 5.97 Å². The number of aromatic nitrogens is 2. The van der Waals surface area contributed by atoms with Crippen molar-refractivity contribution in [1.82, 2.24) is 9.78 Å². The van der Waals surface area contributed by atoms with E-state index in [1.807, 2.05) is 19.3 Å². The summed E-state index contributed by atoms with van der Waals surface area (Å²) < 4.78 is 1.69. The highest BCUT2D eigenvalue weighted by molar-refractivity contribution is 6.04. The first-order chi connectivity index (χ1) is 12.0. The first-order valence-electron chi connectivity index (χ1n) is 8.42. The molecule has 132 valence electrons. The number of aryl methyl sites for hydroxylation is 1. The highest BCUT2D eigenvalue weighted by Crippen LogP contribution is 2.32. The Morgan fingerprint density at radius 2 is 1.96 bits per heavy atom. The Kier molecular flexibility index (Phi) is 5.02. The van der Waals surface area contributed by atoms with Crippen LogP contribution in [0.25, 0.3) is 0 Å². The maximum atomic E-state index is 12.5. The minimum Gasteiger partial charge on any atom is -0.481 e. The average Bonchev–Trinajstić information content (AvgIpc) is 3.20. The predicted octanol–water partition coefficient (Wildman–Crippen LogP) is 2.99. The zero-order valence-electron chi connectivity index (χ0n) is 14.1. The summed E-state index contributed by atoms with van der Waals surface area (Å²) in [6.07, 6.45) is 7.12. The molecule has 0 saturated heterocycles. The molecule has 0 spiro atoms. The van der Waals surface area contributed by atoms with Gasteiger partial charge in [0.15, 0.2) is 0 Å². The Labute approximate surface area is 146 Å². The van der Waals surface area contributed by atoms with Gasteiger partial charge in [-0.3, -0.25) is 14.3 Å². The zero-order chi connectivity index (χ0) is 17.8. The van der Waals surface area contributed by atoms with E-state index in [-0.39, 0.29) is 5.92 Å². The van der Waals surface area contributed by atoms with Crippen LogP contribution in [0.1, 0.15) is 25.7 Å². The third kappa shape index (κ3) is 4.17. The third-order valence-corrected chi connectivity index (χ3v) is 4.54. The number of anilines is 3. The molecule has 3 N–H and O–H groups in total. The Bertz CT molecular complexity index is 765. The summed E-state index contributed by atoms with van der Waals surface area (Å²) in [6, 6.07) is 7.20. The smallest absolute Gasteiger partial charge is 0.316 e. The number of amides is 1. The number of aliphatic carboxylic acids is 1. The second-order valence-electron chi connectivity index (χ2n) is 6.46. The van der Waals surface area contributed by atoms with Crippen molar-refractivity contribution in [3.05, 3.63) is 36.7 Å². The molecule has 0 aliphatic heterocycles. The molecule has 0 radical (unpaired) electrons. The van der Waals surface area contributed by atoms with E-state index in [2.05, 4.69) is 15.7 Å². The average molecular weight is 342 g/mol. The van der Waals surface area contributed by atoms with Crippen LogP contribution in [0.2, 0.25) is 0 Å². The van der Waals surface area contributed by atoms with E-state index >= 15 is 0 Å². The Hall–Kier alpha value is -2.83. The number of hydrogen-bond donors (Lipinski definition) is 3. The summed E-state index contributed by atoms with van der Waals surface area (Å²) in [5.74, 6) is -2.56. The molecule has 25 heavy (non-hydrogen) atoms. The van der Waals surface area contributed by atoms with Crippen LogP contribution >= 0.6 is 0 Å². The summed E-state index contributed by atoms with van der Waals surface area (Å²) >= 11 is 0. The fourth-order valence-electron chi connectivity index (χ4n) is 3.37. The van der Waals surface area contributed by atoms with Crippen molar-refractivity contribution in [3.8, 4) is 0 Å². The molecule has 1 amide bonds. The van der Waals surface area contributed by atoms with Crippen molar-refractivity contribution < 1.29 is 14.7 Å². The van der Waals surface area contributed by atoms with Gasteiger partial charge in [0, 0.05) is 24.6 Å². The van der Waals surface area contributed by atoms with E-state index in [0.717, 1.165) is 37.1 Å². The molecule has 1 fully saturated rings. The van der Waals surface area contributed by atoms with Crippen LogP contribution in [0.3, 0.4) is 0 Å². The fourth-order valence-corrected chi connectivity index (χ4v) is 3.37. The van der Waals surface area contributed by atoms with Gasteiger partial charge in [0.1, 0.15) is 5.92 Å². The van der Waals surface area contributed by atoms with Gasteiger partial charge in [0.2, 0.25) is 5.91 Å². The monoisotopic (exact) mass is 342 g/mol. The van der Waals surface area contributed by atoms with Crippen LogP contribution in [0.15, 0.2) is 36.7 Å². The van der Waals surface area contributed by atoms with E-state index in [9.17, 15) is 14.7 Å². The Morgan fingerprint density at radius 1 is 1.24 bits per heavy atom. The molecular formula is C18H22N4O3. The number of carbonyl (C=O) groups excluding carboxylic acids is 1. The molecule has 1 saturated carbocycles. The highest BCUT2D eigenvalue weighted by Gasteiger charge is 2.36. The molecule has 1 aromatic carbocycles. The molecule has 3 rings (SSSR count). The van der Waals surface area contributed by atoms with Gasteiger partial charge in [-0.1, -0.05) is 18.9 Å². The van der Waals surface area contributed by atoms with Gasteiger partial charge in [0.05, 0.1) is 11.9 Å². The van der Waals surface area contributed by atoms with Crippen LogP contribution in [0, 0.1) is 11.8 Å². The van der Waals surface area contributed by atoms with Crippen molar-refractivity contribution in [2.75, 3.05) is 10.6 Å². The topological polar surface area (TPSA) is 96.2 Å². The maximum absolute atomic E-state index is 12.5. The van der Waals surface area contributed by atoms with Crippen molar-refractivity contribution in [1.29, 1.82) is 0 Å². The summed E-state index contributed by atoms with van der Waals surface area (Å²) in [7, 11) is 1.83. The van der Waals surface area contributed by atoms with Crippen molar-refractivity contribution in [3.63, 3.8) is 0 Å². The molecule has 1 aliphatic carbocycles. The first kappa shape index (κ1) is 17.0. The molecule has 0 bridgehead atoms. The number of benzene rings is 1. The van der Waals surface area contributed by atoms with Crippen molar-refractivity contribution in [2.24, 2.45) is 18.9 Å². The van der Waals surface area contributed by atoms with Crippen LogP contribution in [-0.2, 0) is 16.6 Å². The lowest BCUT2D eigenvalue weighted by Crippen LogP contribution is -2.34. The second-order valence-corrected chi connectivity index (χ2v) is 6.46. The molecule has 7 heteroatoms. The minimum absolute atomic E-state index is 0.0748. The Balaban J connectivity index is 1.70. The van der Waals surface area contributed by atoms with Crippen LogP contribution < -0.4 is 10.6 Å².